The molecule has 1 aliphatic rings. The number of pyridine rings is 1. The molecule has 2 N–H and O–H groups in total. The number of anilines is 2. The van der Waals surface area contributed by atoms with Crippen LogP contribution in [0.5, 0.6) is 5.75 Å². The number of hydrogen-bond donors (Lipinski definition) is 2. The van der Waals surface area contributed by atoms with Gasteiger partial charge in [-0.25, -0.2) is 0 Å². The molecule has 1 aliphatic heterocycles. The average Bonchev–Trinajstić information content (AvgIpc) is 2.71. The third-order valence-corrected chi connectivity index (χ3v) is 5.71. The van der Waals surface area contributed by atoms with Crippen molar-refractivity contribution < 1.29 is 4.74 Å². The summed E-state index contributed by atoms with van der Waals surface area (Å²) < 4.78 is 5.28. The molecule has 5 heteroatoms. The fraction of sp³-hybridized carbons (Fsp3) is 0.375. The van der Waals surface area contributed by atoms with Crippen molar-refractivity contribution in [2.24, 2.45) is 11.8 Å². The van der Waals surface area contributed by atoms with Crippen LogP contribution in [0.25, 0.3) is 10.9 Å². The summed E-state index contributed by atoms with van der Waals surface area (Å²) >= 11 is 0. The van der Waals surface area contributed by atoms with Gasteiger partial charge in [0.1, 0.15) is 5.75 Å². The summed E-state index contributed by atoms with van der Waals surface area (Å²) in [6.07, 6.45) is 1.31. The molecule has 2 heterocycles. The lowest BCUT2D eigenvalue weighted by Gasteiger charge is -2.36. The summed E-state index contributed by atoms with van der Waals surface area (Å²) in [5.41, 5.74) is 3.73. The fourth-order valence-corrected chi connectivity index (χ4v) is 4.35. The Bertz CT molecular complexity index is 1030. The van der Waals surface area contributed by atoms with Gasteiger partial charge in [-0.3, -0.25) is 4.79 Å². The van der Waals surface area contributed by atoms with Gasteiger partial charge in [0.2, 0.25) is 0 Å². The number of aromatic nitrogens is 1. The van der Waals surface area contributed by atoms with Crippen LogP contribution in [-0.2, 0) is 6.54 Å². The number of fused-ring (bicyclic) bond motifs is 1. The average molecular weight is 392 g/mol. The first-order valence-corrected chi connectivity index (χ1v) is 10.3. The van der Waals surface area contributed by atoms with E-state index in [1.165, 1.54) is 12.1 Å². The second kappa shape index (κ2) is 8.19. The van der Waals surface area contributed by atoms with E-state index >= 15 is 0 Å². The molecule has 0 bridgehead atoms. The maximum absolute atomic E-state index is 12.4. The summed E-state index contributed by atoms with van der Waals surface area (Å²) in [5, 5.41) is 4.34. The van der Waals surface area contributed by atoms with Crippen LogP contribution in [0.1, 0.15) is 25.8 Å². The van der Waals surface area contributed by atoms with Crippen LogP contribution < -0.4 is 20.5 Å². The van der Waals surface area contributed by atoms with Gasteiger partial charge in [0.25, 0.3) is 5.56 Å². The van der Waals surface area contributed by atoms with Gasteiger partial charge in [0.05, 0.1) is 7.11 Å². The zero-order valence-corrected chi connectivity index (χ0v) is 17.4. The maximum Gasteiger partial charge on any atom is 0.253 e. The van der Waals surface area contributed by atoms with Crippen molar-refractivity contribution in [3.8, 4) is 5.75 Å². The maximum atomic E-state index is 12.4. The largest absolute Gasteiger partial charge is 0.497 e. The summed E-state index contributed by atoms with van der Waals surface area (Å²) in [4.78, 5) is 17.8. The first-order valence-electron chi connectivity index (χ1n) is 10.3. The monoisotopic (exact) mass is 391 g/mol. The smallest absolute Gasteiger partial charge is 0.253 e. The van der Waals surface area contributed by atoms with Crippen LogP contribution in [0.2, 0.25) is 0 Å². The Morgan fingerprint density at radius 1 is 1.07 bits per heavy atom. The minimum absolute atomic E-state index is 0.0666. The normalized spacial score (nSPS) is 19.3. The lowest BCUT2D eigenvalue weighted by atomic mass is 9.91. The molecular formula is C24H29N3O2. The molecule has 4 rings (SSSR count). The molecule has 1 saturated heterocycles. The molecule has 0 unspecified atom stereocenters. The van der Waals surface area contributed by atoms with Gasteiger partial charge >= 0.3 is 0 Å². The van der Waals surface area contributed by atoms with Crippen molar-refractivity contribution in [2.75, 3.05) is 30.4 Å². The van der Waals surface area contributed by atoms with E-state index in [4.69, 9.17) is 4.74 Å². The van der Waals surface area contributed by atoms with Gasteiger partial charge < -0.3 is 19.9 Å². The van der Waals surface area contributed by atoms with Gasteiger partial charge in [-0.15, -0.1) is 0 Å². The number of hydrogen-bond acceptors (Lipinski definition) is 4. The second-order valence-electron chi connectivity index (χ2n) is 8.33. The predicted octanol–water partition coefficient (Wildman–Crippen LogP) is 4.63. The molecule has 1 fully saturated rings. The zero-order valence-electron chi connectivity index (χ0n) is 17.4. The van der Waals surface area contributed by atoms with Crippen LogP contribution >= 0.6 is 0 Å². The first kappa shape index (κ1) is 19.4. The molecular weight excluding hydrogens is 362 g/mol. The third-order valence-electron chi connectivity index (χ3n) is 5.71. The molecule has 1 aromatic heterocycles. The summed E-state index contributed by atoms with van der Waals surface area (Å²) in [6, 6.07) is 16.1. The minimum atomic E-state index is -0.0666. The van der Waals surface area contributed by atoms with Crippen molar-refractivity contribution in [2.45, 2.75) is 26.8 Å². The van der Waals surface area contributed by atoms with Crippen molar-refractivity contribution >= 4 is 22.3 Å². The van der Waals surface area contributed by atoms with Crippen LogP contribution in [0.4, 0.5) is 11.4 Å². The number of benzene rings is 2. The number of aromatic amines is 1. The number of H-pyrrole nitrogens is 1. The molecule has 2 atom stereocenters. The quantitative estimate of drug-likeness (QED) is 0.666. The van der Waals surface area contributed by atoms with E-state index in [9.17, 15) is 4.79 Å². The van der Waals surface area contributed by atoms with E-state index in [2.05, 4.69) is 53.3 Å². The number of nitrogens with one attached hydrogen (secondary N) is 2. The van der Waals surface area contributed by atoms with Crippen molar-refractivity contribution in [3.63, 3.8) is 0 Å². The molecule has 29 heavy (non-hydrogen) atoms. The molecule has 2 aromatic carbocycles. The molecule has 0 amide bonds. The highest BCUT2D eigenvalue weighted by Gasteiger charge is 2.21. The molecule has 5 nitrogen and oxygen atoms in total. The number of nitrogens with zero attached hydrogens (tertiary/aromatic N) is 1. The van der Waals surface area contributed by atoms with Gasteiger partial charge in [-0.2, -0.15) is 0 Å². The van der Waals surface area contributed by atoms with Crippen molar-refractivity contribution in [1.82, 2.24) is 4.98 Å². The number of piperidine rings is 1. The summed E-state index contributed by atoms with van der Waals surface area (Å²) in [5.74, 6) is 2.24. The van der Waals surface area contributed by atoms with Crippen LogP contribution in [0, 0.1) is 11.8 Å². The number of rotatable bonds is 5. The standard InChI is InChI=1S/C24H29N3O2/c1-16-10-17(2)15-27(14-16)21-6-4-20(5-7-21)25-13-19-11-18-12-22(29-3)8-9-23(18)26-24(19)28/h4-9,11-12,16-17,25H,10,13-15H2,1-3H3,(H,26,28)/t16-,17+. The summed E-state index contributed by atoms with van der Waals surface area (Å²) in [6.45, 7) is 7.37. The molecule has 0 radical (unpaired) electrons. The molecule has 152 valence electrons. The molecule has 0 aliphatic carbocycles. The lowest BCUT2D eigenvalue weighted by Crippen LogP contribution is -2.38. The molecule has 0 spiro atoms. The van der Waals surface area contributed by atoms with E-state index < -0.39 is 0 Å². The predicted molar refractivity (Wildman–Crippen MR) is 120 cm³/mol. The summed E-state index contributed by atoms with van der Waals surface area (Å²) in [7, 11) is 1.64. The zero-order chi connectivity index (χ0) is 20.4. The van der Waals surface area contributed by atoms with E-state index in [1.54, 1.807) is 7.11 Å². The van der Waals surface area contributed by atoms with Gasteiger partial charge in [-0.05, 0) is 66.8 Å². The highest BCUT2D eigenvalue weighted by Crippen LogP contribution is 2.27. The van der Waals surface area contributed by atoms with Crippen LogP contribution in [0.15, 0.2) is 53.3 Å². The van der Waals surface area contributed by atoms with Crippen LogP contribution in [-0.4, -0.2) is 25.2 Å². The van der Waals surface area contributed by atoms with Crippen LogP contribution in [0.3, 0.4) is 0 Å². The minimum Gasteiger partial charge on any atom is -0.497 e. The Balaban J connectivity index is 1.46. The van der Waals surface area contributed by atoms with E-state index in [0.29, 0.717) is 12.1 Å². The topological polar surface area (TPSA) is 57.4 Å². The number of methoxy groups -OCH3 is 1. The van der Waals surface area contributed by atoms with E-state index in [1.807, 2.05) is 24.3 Å². The Kier molecular flexibility index (Phi) is 5.47. The third kappa shape index (κ3) is 4.39. The van der Waals surface area contributed by atoms with Gasteiger partial charge in [0.15, 0.2) is 0 Å². The Labute approximate surface area is 171 Å². The highest BCUT2D eigenvalue weighted by molar-refractivity contribution is 5.80. The Morgan fingerprint density at radius 3 is 2.48 bits per heavy atom. The van der Waals surface area contributed by atoms with Crippen molar-refractivity contribution in [1.29, 1.82) is 0 Å². The number of ether oxygens (including phenoxy) is 1. The highest BCUT2D eigenvalue weighted by atomic mass is 16.5. The van der Waals surface area contributed by atoms with Gasteiger partial charge in [-0.1, -0.05) is 13.8 Å². The van der Waals surface area contributed by atoms with Crippen molar-refractivity contribution in [3.05, 3.63) is 64.4 Å². The molecule has 0 saturated carbocycles. The Hall–Kier alpha value is -2.95. The van der Waals surface area contributed by atoms with E-state index in [-0.39, 0.29) is 5.56 Å². The van der Waals surface area contributed by atoms with Gasteiger partial charge in [0, 0.05) is 47.5 Å². The second-order valence-corrected chi connectivity index (χ2v) is 8.33. The fourth-order valence-electron chi connectivity index (χ4n) is 4.35. The first-order chi connectivity index (χ1) is 14.0. The SMILES string of the molecule is COc1ccc2[nH]c(=O)c(CNc3ccc(N4C[C@H](C)C[C@H](C)C4)cc3)cc2c1. The lowest BCUT2D eigenvalue weighted by molar-refractivity contribution is 0.357. The Morgan fingerprint density at radius 2 is 1.79 bits per heavy atom. The van der Waals surface area contributed by atoms with E-state index in [0.717, 1.165) is 47.3 Å². The molecule has 3 aromatic rings.